The van der Waals surface area contributed by atoms with E-state index in [9.17, 15) is 13.6 Å². The Bertz CT molecular complexity index is 564. The van der Waals surface area contributed by atoms with Crippen LogP contribution in [0, 0.1) is 11.6 Å². The van der Waals surface area contributed by atoms with Crippen molar-refractivity contribution in [3.05, 3.63) is 59.6 Å². The summed E-state index contributed by atoms with van der Waals surface area (Å²) in [5.74, 6) is -1.58. The summed E-state index contributed by atoms with van der Waals surface area (Å²) in [6, 6.07) is 6.22. The van der Waals surface area contributed by atoms with Crippen LogP contribution in [-0.4, -0.2) is 11.9 Å². The van der Waals surface area contributed by atoms with Gasteiger partial charge in [-0.3, -0.25) is 4.79 Å². The molecule has 0 saturated heterocycles. The predicted octanol–water partition coefficient (Wildman–Crippen LogP) is 3.35. The lowest BCUT2D eigenvalue weighted by atomic mass is 10.1. The lowest BCUT2D eigenvalue weighted by Gasteiger charge is -2.11. The molecule has 3 nitrogen and oxygen atoms in total. The molecule has 0 aliphatic rings. The van der Waals surface area contributed by atoms with Crippen molar-refractivity contribution >= 4 is 5.78 Å². The number of carbonyl (C=O) groups excluding carboxylic acids is 1. The molecule has 5 heteroatoms. The number of carbonyl (C=O) groups is 1. The van der Waals surface area contributed by atoms with E-state index in [0.717, 1.165) is 12.1 Å². The third-order valence-electron chi connectivity index (χ3n) is 2.62. The maximum absolute atomic E-state index is 13.4. The van der Waals surface area contributed by atoms with Crippen LogP contribution in [0.15, 0.2) is 41.0 Å². The van der Waals surface area contributed by atoms with Gasteiger partial charge in [0.1, 0.15) is 30.1 Å². The van der Waals surface area contributed by atoms with E-state index >= 15 is 0 Å². The van der Waals surface area contributed by atoms with Crippen molar-refractivity contribution in [2.24, 2.45) is 0 Å². The molecule has 0 aliphatic carbocycles. The van der Waals surface area contributed by atoms with E-state index in [2.05, 4.69) is 0 Å². The van der Waals surface area contributed by atoms with Crippen LogP contribution in [-0.2, 0) is 11.3 Å². The van der Waals surface area contributed by atoms with Crippen LogP contribution in [0.25, 0.3) is 0 Å². The van der Waals surface area contributed by atoms with Gasteiger partial charge in [0.15, 0.2) is 5.78 Å². The summed E-state index contributed by atoms with van der Waals surface area (Å²) in [5, 5.41) is 0. The van der Waals surface area contributed by atoms with Gasteiger partial charge in [-0.25, -0.2) is 8.78 Å². The topological polar surface area (TPSA) is 39.4 Å². The smallest absolute Gasteiger partial charge is 0.194 e. The first-order chi connectivity index (χ1) is 9.08. The fourth-order valence-corrected chi connectivity index (χ4v) is 1.59. The molecule has 1 aromatic carbocycles. The minimum atomic E-state index is -0.890. The number of furan rings is 1. The second kappa shape index (κ2) is 5.75. The van der Waals surface area contributed by atoms with E-state index in [-0.39, 0.29) is 12.2 Å². The number of hydrogen-bond acceptors (Lipinski definition) is 3. The van der Waals surface area contributed by atoms with Crippen LogP contribution in [0.4, 0.5) is 8.78 Å². The highest BCUT2D eigenvalue weighted by atomic mass is 19.1. The lowest BCUT2D eigenvalue weighted by molar-refractivity contribution is 0.0353. The van der Waals surface area contributed by atoms with Crippen LogP contribution < -0.4 is 0 Å². The maximum atomic E-state index is 13.4. The summed E-state index contributed by atoms with van der Waals surface area (Å²) >= 11 is 0. The Labute approximate surface area is 108 Å². The van der Waals surface area contributed by atoms with Gasteiger partial charge >= 0.3 is 0 Å². The minimum absolute atomic E-state index is 0.114. The molecule has 100 valence electrons. The number of rotatable bonds is 5. The summed E-state index contributed by atoms with van der Waals surface area (Å²) < 4.78 is 36.5. The molecule has 2 aromatic rings. The zero-order valence-corrected chi connectivity index (χ0v) is 10.2. The van der Waals surface area contributed by atoms with Crippen LogP contribution >= 0.6 is 0 Å². The van der Waals surface area contributed by atoms with E-state index in [4.69, 9.17) is 9.15 Å². The van der Waals surface area contributed by atoms with Crippen molar-refractivity contribution < 1.29 is 22.7 Å². The number of halogens is 2. The number of hydrogen-bond donors (Lipinski definition) is 0. The molecule has 1 heterocycles. The van der Waals surface area contributed by atoms with E-state index in [1.165, 1.54) is 13.2 Å². The molecule has 19 heavy (non-hydrogen) atoms. The monoisotopic (exact) mass is 266 g/mol. The van der Waals surface area contributed by atoms with E-state index in [0.29, 0.717) is 11.8 Å². The van der Waals surface area contributed by atoms with Crippen LogP contribution in [0.1, 0.15) is 23.0 Å². The average molecular weight is 266 g/mol. The Morgan fingerprint density at radius 1 is 1.37 bits per heavy atom. The third kappa shape index (κ3) is 3.26. The first-order valence-electron chi connectivity index (χ1n) is 5.71. The zero-order chi connectivity index (χ0) is 13.8. The molecule has 0 fully saturated rings. The number of Topliss-reactive ketones (excluding diaryl/α,β-unsaturated/α-hetero) is 1. The maximum Gasteiger partial charge on any atom is 0.194 e. The fraction of sp³-hybridized carbons (Fsp3) is 0.214. The Hall–Kier alpha value is -2.01. The largest absolute Gasteiger partial charge is 0.467 e. The van der Waals surface area contributed by atoms with Gasteiger partial charge in [-0.15, -0.1) is 0 Å². The van der Waals surface area contributed by atoms with Crippen molar-refractivity contribution in [1.29, 1.82) is 0 Å². The number of ether oxygens (including phenoxy) is 1. The van der Waals surface area contributed by atoms with E-state index in [1.54, 1.807) is 12.1 Å². The summed E-state index contributed by atoms with van der Waals surface area (Å²) in [5.41, 5.74) is -0.187. The highest BCUT2D eigenvalue weighted by molar-refractivity contribution is 5.99. The Balaban J connectivity index is 2.02. The zero-order valence-electron chi connectivity index (χ0n) is 10.2. The average Bonchev–Trinajstić information content (AvgIpc) is 2.88. The Morgan fingerprint density at radius 3 is 2.79 bits per heavy atom. The summed E-state index contributed by atoms with van der Waals surface area (Å²) in [6.45, 7) is 1.62. The second-order valence-corrected chi connectivity index (χ2v) is 4.02. The van der Waals surface area contributed by atoms with Crippen molar-refractivity contribution in [3.63, 3.8) is 0 Å². The molecule has 0 radical (unpaired) electrons. The van der Waals surface area contributed by atoms with Crippen molar-refractivity contribution in [3.8, 4) is 0 Å². The standard InChI is InChI=1S/C14H12F2O3/c1-9(19-8-11-3-2-6-18-11)14(17)12-5-4-10(15)7-13(12)16/h2-7,9H,8H2,1H3. The molecule has 0 spiro atoms. The van der Waals surface area contributed by atoms with Crippen molar-refractivity contribution in [2.75, 3.05) is 0 Å². The van der Waals surface area contributed by atoms with Crippen molar-refractivity contribution in [2.45, 2.75) is 19.6 Å². The van der Waals surface area contributed by atoms with Crippen LogP contribution in [0.2, 0.25) is 0 Å². The van der Waals surface area contributed by atoms with Crippen molar-refractivity contribution in [1.82, 2.24) is 0 Å². The van der Waals surface area contributed by atoms with Gasteiger partial charge in [0.25, 0.3) is 0 Å². The van der Waals surface area contributed by atoms with Crippen LogP contribution in [0.3, 0.4) is 0 Å². The van der Waals surface area contributed by atoms with E-state index < -0.39 is 23.5 Å². The molecule has 0 N–H and O–H groups in total. The summed E-state index contributed by atoms with van der Waals surface area (Å²) in [7, 11) is 0. The summed E-state index contributed by atoms with van der Waals surface area (Å²) in [4.78, 5) is 11.9. The van der Waals surface area contributed by atoms with Crippen LogP contribution in [0.5, 0.6) is 0 Å². The first kappa shape index (κ1) is 13.4. The van der Waals surface area contributed by atoms with Gasteiger partial charge in [0.05, 0.1) is 11.8 Å². The van der Waals surface area contributed by atoms with Gasteiger partial charge in [-0.2, -0.15) is 0 Å². The number of benzene rings is 1. The lowest BCUT2D eigenvalue weighted by Crippen LogP contribution is -2.21. The van der Waals surface area contributed by atoms with Gasteiger partial charge in [0, 0.05) is 6.07 Å². The molecule has 0 aliphatic heterocycles. The molecule has 1 atom stereocenters. The number of ketones is 1. The molecule has 2 rings (SSSR count). The Kier molecular flexibility index (Phi) is 4.06. The predicted molar refractivity (Wildman–Crippen MR) is 63.6 cm³/mol. The molecular formula is C14H12F2O3. The second-order valence-electron chi connectivity index (χ2n) is 4.02. The highest BCUT2D eigenvalue weighted by Crippen LogP contribution is 2.14. The van der Waals surface area contributed by atoms with Gasteiger partial charge in [0.2, 0.25) is 0 Å². The highest BCUT2D eigenvalue weighted by Gasteiger charge is 2.20. The molecular weight excluding hydrogens is 254 g/mol. The molecule has 0 bridgehead atoms. The fourth-order valence-electron chi connectivity index (χ4n) is 1.59. The molecule has 1 aromatic heterocycles. The molecule has 0 saturated carbocycles. The molecule has 1 unspecified atom stereocenters. The SMILES string of the molecule is CC(OCc1ccco1)C(=O)c1ccc(F)cc1F. The van der Waals surface area contributed by atoms with Gasteiger partial charge in [-0.05, 0) is 31.2 Å². The van der Waals surface area contributed by atoms with Gasteiger partial charge in [-0.1, -0.05) is 0 Å². The molecule has 0 amide bonds. The summed E-state index contributed by atoms with van der Waals surface area (Å²) in [6.07, 6.45) is 0.648. The minimum Gasteiger partial charge on any atom is -0.467 e. The van der Waals surface area contributed by atoms with E-state index in [1.807, 2.05) is 0 Å². The normalized spacial score (nSPS) is 12.4. The Morgan fingerprint density at radius 2 is 2.16 bits per heavy atom. The quantitative estimate of drug-likeness (QED) is 0.779. The third-order valence-corrected chi connectivity index (χ3v) is 2.62. The van der Waals surface area contributed by atoms with Gasteiger partial charge < -0.3 is 9.15 Å². The first-order valence-corrected chi connectivity index (χ1v) is 5.71.